The number of carbonyl (C=O) groups excluding carboxylic acids is 1. The Balaban J connectivity index is 1.55. The van der Waals surface area contributed by atoms with Gasteiger partial charge in [-0.2, -0.15) is 0 Å². The maximum Gasteiger partial charge on any atom is 0.255 e. The molecule has 0 saturated carbocycles. The van der Waals surface area contributed by atoms with Gasteiger partial charge in [0.1, 0.15) is 0 Å². The van der Waals surface area contributed by atoms with Gasteiger partial charge in [-0.15, -0.1) is 0 Å². The van der Waals surface area contributed by atoms with Gasteiger partial charge >= 0.3 is 0 Å². The van der Waals surface area contributed by atoms with E-state index in [0.717, 1.165) is 29.5 Å². The van der Waals surface area contributed by atoms with Crippen LogP contribution in [0.2, 0.25) is 0 Å². The summed E-state index contributed by atoms with van der Waals surface area (Å²) in [6.45, 7) is 2.23. The van der Waals surface area contributed by atoms with Gasteiger partial charge in [-0.25, -0.2) is 0 Å². The van der Waals surface area contributed by atoms with Crippen molar-refractivity contribution in [3.05, 3.63) is 72.3 Å². The van der Waals surface area contributed by atoms with Gasteiger partial charge in [0.2, 0.25) is 0 Å². The van der Waals surface area contributed by atoms with Crippen LogP contribution < -0.4 is 10.2 Å². The number of amides is 1. The fourth-order valence-corrected chi connectivity index (χ4v) is 3.33. The van der Waals surface area contributed by atoms with E-state index in [0.29, 0.717) is 5.56 Å². The monoisotopic (exact) mass is 316 g/mol. The topological polar surface area (TPSA) is 32.3 Å². The average Bonchev–Trinajstić information content (AvgIpc) is 3.17. The van der Waals surface area contributed by atoms with Crippen molar-refractivity contribution in [1.29, 1.82) is 0 Å². The lowest BCUT2D eigenvalue weighted by molar-refractivity contribution is 0.102. The highest BCUT2D eigenvalue weighted by atomic mass is 16.1. The van der Waals surface area contributed by atoms with Gasteiger partial charge in [0.15, 0.2) is 0 Å². The predicted molar refractivity (Wildman–Crippen MR) is 99.8 cm³/mol. The molecule has 0 unspecified atom stereocenters. The van der Waals surface area contributed by atoms with Gasteiger partial charge < -0.3 is 10.2 Å². The van der Waals surface area contributed by atoms with Crippen LogP contribution in [0, 0.1) is 0 Å². The molecule has 0 aliphatic carbocycles. The lowest BCUT2D eigenvalue weighted by Crippen LogP contribution is -2.18. The molecule has 3 nitrogen and oxygen atoms in total. The summed E-state index contributed by atoms with van der Waals surface area (Å²) >= 11 is 0. The summed E-state index contributed by atoms with van der Waals surface area (Å²) in [7, 11) is 0. The molecule has 1 aliphatic heterocycles. The molecule has 1 amide bonds. The van der Waals surface area contributed by atoms with Crippen molar-refractivity contribution >= 4 is 28.1 Å². The zero-order chi connectivity index (χ0) is 16.4. The number of hydrogen-bond acceptors (Lipinski definition) is 2. The summed E-state index contributed by atoms with van der Waals surface area (Å²) in [6.07, 6.45) is 2.51. The van der Waals surface area contributed by atoms with Crippen molar-refractivity contribution in [3.63, 3.8) is 0 Å². The first-order chi connectivity index (χ1) is 11.8. The number of nitrogens with one attached hydrogen (secondary N) is 1. The fourth-order valence-electron chi connectivity index (χ4n) is 3.33. The Hall–Kier alpha value is -2.81. The smallest absolute Gasteiger partial charge is 0.255 e. The molecule has 120 valence electrons. The Labute approximate surface area is 141 Å². The predicted octanol–water partition coefficient (Wildman–Crippen LogP) is 4.69. The number of benzene rings is 3. The van der Waals surface area contributed by atoms with Gasteiger partial charge in [-0.3, -0.25) is 4.79 Å². The standard InChI is InChI=1S/C21H20N2O/c24-21(17-10-12-18(13-11-17)23-14-3-4-15-23)22-20-9-5-7-16-6-1-2-8-19(16)20/h1-2,5-13H,3-4,14-15H2,(H,22,24). The molecule has 1 heterocycles. The second-order valence-corrected chi connectivity index (χ2v) is 6.22. The molecule has 1 aliphatic rings. The summed E-state index contributed by atoms with van der Waals surface area (Å²) in [5.74, 6) is -0.0701. The first-order valence-electron chi connectivity index (χ1n) is 8.45. The van der Waals surface area contributed by atoms with E-state index in [1.807, 2.05) is 54.6 Å². The molecule has 0 aromatic heterocycles. The summed E-state index contributed by atoms with van der Waals surface area (Å²) in [6, 6.07) is 21.9. The van der Waals surface area contributed by atoms with Crippen LogP contribution >= 0.6 is 0 Å². The Morgan fingerprint density at radius 2 is 1.54 bits per heavy atom. The second-order valence-electron chi connectivity index (χ2n) is 6.22. The molecule has 4 rings (SSSR count). The van der Waals surface area contributed by atoms with Crippen LogP contribution in [0.15, 0.2) is 66.7 Å². The van der Waals surface area contributed by atoms with Gasteiger partial charge in [-0.05, 0) is 48.6 Å². The van der Waals surface area contributed by atoms with Crippen molar-refractivity contribution < 1.29 is 4.79 Å². The maximum atomic E-state index is 12.6. The number of fused-ring (bicyclic) bond motifs is 1. The van der Waals surface area contributed by atoms with Crippen molar-refractivity contribution in [2.75, 3.05) is 23.3 Å². The lowest BCUT2D eigenvalue weighted by atomic mass is 10.1. The molecule has 3 aromatic rings. The minimum Gasteiger partial charge on any atom is -0.372 e. The molecular formula is C21H20N2O. The Bertz CT molecular complexity index is 859. The normalized spacial score (nSPS) is 14.1. The third-order valence-corrected chi connectivity index (χ3v) is 4.64. The molecule has 1 fully saturated rings. The van der Waals surface area contributed by atoms with Crippen molar-refractivity contribution in [1.82, 2.24) is 0 Å². The van der Waals surface area contributed by atoms with Crippen LogP contribution in [-0.2, 0) is 0 Å². The highest BCUT2D eigenvalue weighted by molar-refractivity contribution is 6.09. The third-order valence-electron chi connectivity index (χ3n) is 4.64. The molecule has 0 atom stereocenters. The number of anilines is 2. The zero-order valence-electron chi connectivity index (χ0n) is 13.5. The summed E-state index contributed by atoms with van der Waals surface area (Å²) in [4.78, 5) is 14.9. The molecule has 3 aromatic carbocycles. The number of carbonyl (C=O) groups is 1. The van der Waals surface area contributed by atoms with E-state index in [1.165, 1.54) is 18.5 Å². The fraction of sp³-hybridized carbons (Fsp3) is 0.190. The Morgan fingerprint density at radius 1 is 0.833 bits per heavy atom. The van der Waals surface area contributed by atoms with E-state index in [2.05, 4.69) is 22.3 Å². The van der Waals surface area contributed by atoms with E-state index in [-0.39, 0.29) is 5.91 Å². The number of hydrogen-bond donors (Lipinski definition) is 1. The summed E-state index contributed by atoms with van der Waals surface area (Å²) < 4.78 is 0. The highest BCUT2D eigenvalue weighted by Crippen LogP contribution is 2.24. The first kappa shape index (κ1) is 14.8. The number of nitrogens with zero attached hydrogens (tertiary/aromatic N) is 1. The number of rotatable bonds is 3. The molecule has 0 radical (unpaired) electrons. The van der Waals surface area contributed by atoms with Crippen LogP contribution in [0.4, 0.5) is 11.4 Å². The molecule has 0 bridgehead atoms. The summed E-state index contributed by atoms with van der Waals surface area (Å²) in [5, 5.41) is 5.22. The SMILES string of the molecule is O=C(Nc1cccc2ccccc12)c1ccc(N2CCCC2)cc1. The highest BCUT2D eigenvalue weighted by Gasteiger charge is 2.13. The zero-order valence-corrected chi connectivity index (χ0v) is 13.5. The van der Waals surface area contributed by atoms with Crippen molar-refractivity contribution in [2.24, 2.45) is 0 Å². The van der Waals surface area contributed by atoms with E-state index in [1.54, 1.807) is 0 Å². The molecular weight excluding hydrogens is 296 g/mol. The Morgan fingerprint density at radius 3 is 2.33 bits per heavy atom. The third kappa shape index (κ3) is 2.85. The first-order valence-corrected chi connectivity index (χ1v) is 8.45. The molecule has 24 heavy (non-hydrogen) atoms. The average molecular weight is 316 g/mol. The molecule has 1 N–H and O–H groups in total. The van der Waals surface area contributed by atoms with Crippen molar-refractivity contribution in [3.8, 4) is 0 Å². The molecule has 3 heteroatoms. The van der Waals surface area contributed by atoms with Crippen molar-refractivity contribution in [2.45, 2.75) is 12.8 Å². The lowest BCUT2D eigenvalue weighted by Gasteiger charge is -2.17. The largest absolute Gasteiger partial charge is 0.372 e. The van der Waals surface area contributed by atoms with E-state index >= 15 is 0 Å². The van der Waals surface area contributed by atoms with Gasteiger partial charge in [0, 0.05) is 35.4 Å². The molecule has 0 spiro atoms. The van der Waals surface area contributed by atoms with E-state index < -0.39 is 0 Å². The van der Waals surface area contributed by atoms with Crippen LogP contribution in [0.25, 0.3) is 10.8 Å². The Kier molecular flexibility index (Phi) is 3.91. The van der Waals surface area contributed by atoms with Crippen LogP contribution in [0.5, 0.6) is 0 Å². The van der Waals surface area contributed by atoms with E-state index in [4.69, 9.17) is 0 Å². The van der Waals surface area contributed by atoms with Gasteiger partial charge in [0.25, 0.3) is 5.91 Å². The van der Waals surface area contributed by atoms with Crippen LogP contribution in [0.1, 0.15) is 23.2 Å². The minimum absolute atomic E-state index is 0.0701. The second kappa shape index (κ2) is 6.36. The summed E-state index contributed by atoms with van der Waals surface area (Å²) in [5.41, 5.74) is 2.74. The quantitative estimate of drug-likeness (QED) is 0.760. The maximum absolute atomic E-state index is 12.6. The molecule has 1 saturated heterocycles. The van der Waals surface area contributed by atoms with Crippen LogP contribution in [0.3, 0.4) is 0 Å². The minimum atomic E-state index is -0.0701. The van der Waals surface area contributed by atoms with Gasteiger partial charge in [0.05, 0.1) is 0 Å². The van der Waals surface area contributed by atoms with Gasteiger partial charge in [-0.1, -0.05) is 36.4 Å². The van der Waals surface area contributed by atoms with E-state index in [9.17, 15) is 4.79 Å². The van der Waals surface area contributed by atoms with Crippen LogP contribution in [-0.4, -0.2) is 19.0 Å².